The van der Waals surface area contributed by atoms with Crippen molar-refractivity contribution < 1.29 is 22.7 Å². The molecule has 0 saturated heterocycles. The Labute approximate surface area is 182 Å². The second-order valence-electron chi connectivity index (χ2n) is 7.09. The zero-order valence-electron chi connectivity index (χ0n) is 17.2. The number of hydrogen-bond donors (Lipinski definition) is 0. The highest BCUT2D eigenvalue weighted by molar-refractivity contribution is 5.95. The van der Waals surface area contributed by atoms with Gasteiger partial charge in [-0.3, -0.25) is 14.3 Å². The van der Waals surface area contributed by atoms with Crippen molar-refractivity contribution in [3.05, 3.63) is 84.6 Å². The summed E-state index contributed by atoms with van der Waals surface area (Å²) in [5, 5.41) is 0. The average Bonchev–Trinajstić information content (AvgIpc) is 3.28. The van der Waals surface area contributed by atoms with Crippen LogP contribution in [0.5, 0.6) is 5.75 Å². The summed E-state index contributed by atoms with van der Waals surface area (Å²) >= 11 is 0. The number of carbonyl (C=O) groups excluding carboxylic acids is 1. The van der Waals surface area contributed by atoms with Gasteiger partial charge >= 0.3 is 6.18 Å². The van der Waals surface area contributed by atoms with Crippen LogP contribution in [0.3, 0.4) is 0 Å². The van der Waals surface area contributed by atoms with Gasteiger partial charge in [-0.05, 0) is 37.3 Å². The van der Waals surface area contributed by atoms with Crippen molar-refractivity contribution in [2.45, 2.75) is 13.1 Å². The van der Waals surface area contributed by atoms with Gasteiger partial charge in [0, 0.05) is 28.5 Å². The van der Waals surface area contributed by atoms with Crippen LogP contribution in [0, 0.1) is 0 Å². The minimum Gasteiger partial charge on any atom is -0.496 e. The maximum Gasteiger partial charge on any atom is 0.416 e. The van der Waals surface area contributed by atoms with E-state index in [0.717, 1.165) is 23.3 Å². The van der Waals surface area contributed by atoms with Crippen molar-refractivity contribution in [2.24, 2.45) is 0 Å². The van der Waals surface area contributed by atoms with Crippen LogP contribution in [0.1, 0.15) is 22.8 Å². The van der Waals surface area contributed by atoms with Gasteiger partial charge in [0.05, 0.1) is 42.8 Å². The molecule has 0 atom stereocenters. The van der Waals surface area contributed by atoms with Crippen LogP contribution in [0.25, 0.3) is 28.1 Å². The maximum absolute atomic E-state index is 13.5. The van der Waals surface area contributed by atoms with E-state index in [-0.39, 0.29) is 11.1 Å². The average molecular weight is 437 g/mol. The fourth-order valence-electron chi connectivity index (χ4n) is 3.52. The molecule has 4 aromatic rings. The summed E-state index contributed by atoms with van der Waals surface area (Å²) in [6, 6.07) is 12.5. The Balaban J connectivity index is 1.93. The number of rotatable bonds is 5. The van der Waals surface area contributed by atoms with Gasteiger partial charge in [-0.1, -0.05) is 18.2 Å². The third-order valence-corrected chi connectivity index (χ3v) is 5.06. The highest BCUT2D eigenvalue weighted by atomic mass is 19.4. The van der Waals surface area contributed by atoms with E-state index in [9.17, 15) is 18.0 Å². The summed E-state index contributed by atoms with van der Waals surface area (Å²) in [4.78, 5) is 20.2. The number of halogens is 3. The van der Waals surface area contributed by atoms with E-state index in [1.54, 1.807) is 30.1 Å². The van der Waals surface area contributed by atoms with E-state index in [1.807, 2.05) is 24.3 Å². The summed E-state index contributed by atoms with van der Waals surface area (Å²) in [5.41, 5.74) is 1.84. The molecule has 0 spiro atoms. The van der Waals surface area contributed by atoms with Crippen LogP contribution in [-0.2, 0) is 6.18 Å². The minimum atomic E-state index is -4.60. The lowest BCUT2D eigenvalue weighted by Gasteiger charge is -2.16. The van der Waals surface area contributed by atoms with Crippen LogP contribution in [0.2, 0.25) is 0 Å². The summed E-state index contributed by atoms with van der Waals surface area (Å²) in [5.74, 6) is 0.180. The van der Waals surface area contributed by atoms with Crippen molar-refractivity contribution in [1.82, 2.24) is 14.5 Å². The highest BCUT2D eigenvalue weighted by Crippen LogP contribution is 2.37. The third kappa shape index (κ3) is 3.99. The molecule has 162 valence electrons. The Kier molecular flexibility index (Phi) is 5.52. The van der Waals surface area contributed by atoms with Crippen LogP contribution in [0.4, 0.5) is 13.2 Å². The fourth-order valence-corrected chi connectivity index (χ4v) is 3.52. The van der Waals surface area contributed by atoms with Crippen molar-refractivity contribution in [3.8, 4) is 33.8 Å². The number of nitrogens with zero attached hydrogens (tertiary/aromatic N) is 3. The van der Waals surface area contributed by atoms with Gasteiger partial charge in [-0.2, -0.15) is 13.2 Å². The van der Waals surface area contributed by atoms with Crippen LogP contribution in [0.15, 0.2) is 73.4 Å². The predicted molar refractivity (Wildman–Crippen MR) is 114 cm³/mol. The molecule has 32 heavy (non-hydrogen) atoms. The second kappa shape index (κ2) is 8.30. The fraction of sp³-hybridized carbons (Fsp3) is 0.125. The third-order valence-electron chi connectivity index (χ3n) is 5.06. The number of alkyl halides is 3. The number of aromatic nitrogens is 3. The molecule has 2 aromatic heterocycles. The molecule has 2 heterocycles. The van der Waals surface area contributed by atoms with Crippen molar-refractivity contribution in [1.29, 1.82) is 0 Å². The van der Waals surface area contributed by atoms with Gasteiger partial charge in [-0.15, -0.1) is 0 Å². The topological polar surface area (TPSA) is 57.0 Å². The second-order valence-corrected chi connectivity index (χ2v) is 7.09. The maximum atomic E-state index is 13.5. The Morgan fingerprint density at radius 3 is 2.50 bits per heavy atom. The van der Waals surface area contributed by atoms with Gasteiger partial charge < -0.3 is 4.74 Å². The van der Waals surface area contributed by atoms with E-state index in [2.05, 4.69) is 9.97 Å². The molecular weight excluding hydrogens is 419 g/mol. The van der Waals surface area contributed by atoms with Crippen LogP contribution >= 0.6 is 0 Å². The quantitative estimate of drug-likeness (QED) is 0.369. The largest absolute Gasteiger partial charge is 0.496 e. The zero-order valence-corrected chi connectivity index (χ0v) is 17.2. The van der Waals surface area contributed by atoms with E-state index in [0.29, 0.717) is 17.1 Å². The summed E-state index contributed by atoms with van der Waals surface area (Å²) in [6.45, 7) is 1.23. The molecule has 0 amide bonds. The first kappa shape index (κ1) is 21.3. The van der Waals surface area contributed by atoms with Gasteiger partial charge in [0.2, 0.25) is 0 Å². The lowest BCUT2D eigenvalue weighted by atomic mass is 10.0. The van der Waals surface area contributed by atoms with E-state index < -0.39 is 17.5 Å². The zero-order chi connectivity index (χ0) is 22.9. The molecule has 0 aliphatic carbocycles. The first-order chi connectivity index (χ1) is 15.3. The molecule has 5 nitrogen and oxygen atoms in total. The van der Waals surface area contributed by atoms with Gasteiger partial charge in [0.1, 0.15) is 5.75 Å². The minimum absolute atomic E-state index is 0.0290. The van der Waals surface area contributed by atoms with E-state index >= 15 is 0 Å². The van der Waals surface area contributed by atoms with E-state index in [1.165, 1.54) is 25.5 Å². The molecule has 0 aliphatic rings. The number of pyridine rings is 1. The molecule has 4 rings (SSSR count). The Morgan fingerprint density at radius 1 is 1.00 bits per heavy atom. The first-order valence-corrected chi connectivity index (χ1v) is 9.63. The molecule has 0 N–H and O–H groups in total. The van der Waals surface area contributed by atoms with Crippen molar-refractivity contribution in [3.63, 3.8) is 0 Å². The Hall–Kier alpha value is -3.94. The normalized spacial score (nSPS) is 11.4. The lowest BCUT2D eigenvalue weighted by Crippen LogP contribution is -2.08. The summed E-state index contributed by atoms with van der Waals surface area (Å²) in [6.07, 6.45) is 1.59. The molecular formula is C24H18F3N3O2. The molecule has 0 bridgehead atoms. The molecule has 8 heteroatoms. The number of hydrogen-bond acceptors (Lipinski definition) is 4. The number of imidazole rings is 1. The highest BCUT2D eigenvalue weighted by Gasteiger charge is 2.32. The molecule has 0 radical (unpaired) electrons. The summed E-state index contributed by atoms with van der Waals surface area (Å²) < 4.78 is 47.6. The SMILES string of the molecule is COc1ccccc1-c1ccncc1-n1cncc1-c1cc(C(C)=O)cc(C(F)(F)F)c1. The molecule has 0 unspecified atom stereocenters. The van der Waals surface area contributed by atoms with E-state index in [4.69, 9.17) is 4.74 Å². The van der Waals surface area contributed by atoms with Crippen molar-refractivity contribution in [2.75, 3.05) is 7.11 Å². The monoisotopic (exact) mass is 437 g/mol. The number of para-hydroxylation sites is 1. The number of ketones is 1. The molecule has 0 fully saturated rings. The number of ether oxygens (including phenoxy) is 1. The Bertz CT molecular complexity index is 1300. The lowest BCUT2D eigenvalue weighted by molar-refractivity contribution is -0.137. The predicted octanol–water partition coefficient (Wildman–Crippen LogP) is 5.83. The van der Waals surface area contributed by atoms with Crippen LogP contribution < -0.4 is 4.74 Å². The summed E-state index contributed by atoms with van der Waals surface area (Å²) in [7, 11) is 1.56. The van der Waals surface area contributed by atoms with Gasteiger partial charge in [0.25, 0.3) is 0 Å². The molecule has 0 aliphatic heterocycles. The number of methoxy groups -OCH3 is 1. The number of benzene rings is 2. The number of Topliss-reactive ketones (excluding diaryl/α,β-unsaturated/α-hetero) is 1. The first-order valence-electron chi connectivity index (χ1n) is 9.63. The molecule has 2 aromatic carbocycles. The smallest absolute Gasteiger partial charge is 0.416 e. The van der Waals surface area contributed by atoms with Gasteiger partial charge in [-0.25, -0.2) is 4.98 Å². The Morgan fingerprint density at radius 2 is 1.78 bits per heavy atom. The van der Waals surface area contributed by atoms with Gasteiger partial charge in [0.15, 0.2) is 5.78 Å². The molecule has 0 saturated carbocycles. The standard InChI is InChI=1S/C24H18F3N3O2/c1-15(31)16-9-17(11-18(10-16)24(25,26)27)21-12-29-14-30(21)22-13-28-8-7-19(22)20-5-3-4-6-23(20)32-2/h3-14H,1-2H3. The number of carbonyl (C=O) groups is 1. The van der Waals surface area contributed by atoms with Crippen molar-refractivity contribution >= 4 is 5.78 Å². The van der Waals surface area contributed by atoms with Crippen LogP contribution in [-0.4, -0.2) is 27.4 Å².